The molecule has 0 fully saturated rings. The van der Waals surface area contributed by atoms with Crippen LogP contribution in [0.3, 0.4) is 0 Å². The Bertz CT molecular complexity index is 329. The van der Waals surface area contributed by atoms with Crippen molar-refractivity contribution in [3.05, 3.63) is 29.8 Å². The number of benzene rings is 1. The van der Waals surface area contributed by atoms with Gasteiger partial charge in [-0.15, -0.1) is 0 Å². The summed E-state index contributed by atoms with van der Waals surface area (Å²) in [6, 6.07) is 7.65. The van der Waals surface area contributed by atoms with Gasteiger partial charge in [0.2, 0.25) is 0 Å². The minimum Gasteiger partial charge on any atom is -0.491 e. The summed E-state index contributed by atoms with van der Waals surface area (Å²) in [4.78, 5) is 0. The van der Waals surface area contributed by atoms with Crippen LogP contribution in [0.5, 0.6) is 5.75 Å². The lowest BCUT2D eigenvalue weighted by atomic mass is 10.2. The van der Waals surface area contributed by atoms with E-state index in [0.29, 0.717) is 19.8 Å². The smallest absolute Gasteiger partial charge is 0.183 e. The summed E-state index contributed by atoms with van der Waals surface area (Å²) < 4.78 is 21.3. The highest BCUT2D eigenvalue weighted by atomic mass is 79.9. The average Bonchev–Trinajstić information content (AvgIpc) is 2.40. The third-order valence-electron chi connectivity index (χ3n) is 2.28. The molecule has 0 saturated carbocycles. The zero-order chi connectivity index (χ0) is 13.2. The van der Waals surface area contributed by atoms with Crippen LogP contribution in [0.2, 0.25) is 0 Å². The fraction of sp³-hybridized carbons (Fsp3) is 0.538. The van der Waals surface area contributed by atoms with Crippen LogP contribution < -0.4 is 4.74 Å². The first-order valence-electron chi connectivity index (χ1n) is 5.74. The predicted molar refractivity (Wildman–Crippen MR) is 73.3 cm³/mol. The van der Waals surface area contributed by atoms with E-state index in [1.165, 1.54) is 0 Å². The number of alkyl halides is 1. The van der Waals surface area contributed by atoms with E-state index in [-0.39, 0.29) is 6.29 Å². The molecular weight excluding hydrogens is 300 g/mol. The van der Waals surface area contributed by atoms with Crippen LogP contribution in [0.15, 0.2) is 24.3 Å². The summed E-state index contributed by atoms with van der Waals surface area (Å²) in [5, 5.41) is 0.839. The molecule has 0 radical (unpaired) electrons. The molecule has 0 N–H and O–H groups in total. The lowest BCUT2D eigenvalue weighted by Crippen LogP contribution is -2.08. The van der Waals surface area contributed by atoms with Crippen molar-refractivity contribution < 1.29 is 18.9 Å². The maximum absolute atomic E-state index is 5.58. The van der Waals surface area contributed by atoms with E-state index >= 15 is 0 Å². The van der Waals surface area contributed by atoms with Crippen LogP contribution in [0.1, 0.15) is 11.9 Å². The van der Waals surface area contributed by atoms with Crippen LogP contribution in [0.25, 0.3) is 0 Å². The molecule has 0 bridgehead atoms. The third kappa shape index (κ3) is 5.35. The molecule has 102 valence electrons. The van der Waals surface area contributed by atoms with Crippen molar-refractivity contribution in [2.45, 2.75) is 6.29 Å². The van der Waals surface area contributed by atoms with Gasteiger partial charge < -0.3 is 18.9 Å². The van der Waals surface area contributed by atoms with Gasteiger partial charge in [-0.2, -0.15) is 0 Å². The van der Waals surface area contributed by atoms with E-state index in [1.807, 2.05) is 24.3 Å². The molecule has 0 aliphatic rings. The fourth-order valence-corrected chi connectivity index (χ4v) is 1.72. The Balaban J connectivity index is 2.44. The fourth-order valence-electron chi connectivity index (χ4n) is 1.49. The number of hydrogen-bond acceptors (Lipinski definition) is 4. The standard InChI is InChI=1S/C13H19BrO4/c1-15-13(16-2)11-4-3-5-12(10-11)18-9-8-17-7-6-14/h3-5,10,13H,6-9H2,1-2H3. The van der Waals surface area contributed by atoms with Crippen molar-refractivity contribution in [1.29, 1.82) is 0 Å². The van der Waals surface area contributed by atoms with Crippen molar-refractivity contribution in [2.75, 3.05) is 39.4 Å². The number of hydrogen-bond donors (Lipinski definition) is 0. The second-order valence-electron chi connectivity index (χ2n) is 3.53. The lowest BCUT2D eigenvalue weighted by Gasteiger charge is -2.14. The van der Waals surface area contributed by atoms with Crippen LogP contribution >= 0.6 is 15.9 Å². The summed E-state index contributed by atoms with van der Waals surface area (Å²) in [5.41, 5.74) is 0.930. The molecule has 0 aromatic heterocycles. The maximum atomic E-state index is 5.58. The first-order chi connectivity index (χ1) is 8.81. The second kappa shape index (κ2) is 9.33. The molecule has 0 amide bonds. The Morgan fingerprint density at radius 3 is 2.56 bits per heavy atom. The van der Waals surface area contributed by atoms with Crippen LogP contribution in [0.4, 0.5) is 0 Å². The molecule has 4 nitrogen and oxygen atoms in total. The van der Waals surface area contributed by atoms with Gasteiger partial charge in [-0.1, -0.05) is 28.1 Å². The Morgan fingerprint density at radius 1 is 1.11 bits per heavy atom. The SMILES string of the molecule is COC(OC)c1cccc(OCCOCCBr)c1. The van der Waals surface area contributed by atoms with E-state index in [9.17, 15) is 0 Å². The van der Waals surface area contributed by atoms with E-state index in [2.05, 4.69) is 15.9 Å². The van der Waals surface area contributed by atoms with Gasteiger partial charge in [0.15, 0.2) is 6.29 Å². The minimum atomic E-state index is -0.363. The predicted octanol–water partition coefficient (Wildman–Crippen LogP) is 2.77. The highest BCUT2D eigenvalue weighted by molar-refractivity contribution is 9.09. The maximum Gasteiger partial charge on any atom is 0.183 e. The lowest BCUT2D eigenvalue weighted by molar-refractivity contribution is -0.106. The molecule has 0 saturated heterocycles. The first-order valence-corrected chi connectivity index (χ1v) is 6.86. The van der Waals surface area contributed by atoms with Crippen molar-refractivity contribution >= 4 is 15.9 Å². The Kier molecular flexibility index (Phi) is 8.00. The summed E-state index contributed by atoms with van der Waals surface area (Å²) in [7, 11) is 3.21. The first kappa shape index (κ1) is 15.4. The van der Waals surface area contributed by atoms with Crippen molar-refractivity contribution in [2.24, 2.45) is 0 Å². The van der Waals surface area contributed by atoms with Gasteiger partial charge in [-0.05, 0) is 12.1 Å². The third-order valence-corrected chi connectivity index (χ3v) is 2.60. The highest BCUT2D eigenvalue weighted by Gasteiger charge is 2.09. The van der Waals surface area contributed by atoms with Gasteiger partial charge >= 0.3 is 0 Å². The van der Waals surface area contributed by atoms with Crippen molar-refractivity contribution in [1.82, 2.24) is 0 Å². The molecule has 0 unspecified atom stereocenters. The summed E-state index contributed by atoms with van der Waals surface area (Å²) >= 11 is 3.29. The van der Waals surface area contributed by atoms with Crippen molar-refractivity contribution in [3.63, 3.8) is 0 Å². The molecule has 0 heterocycles. The van der Waals surface area contributed by atoms with Gasteiger partial charge in [0.05, 0.1) is 13.2 Å². The Labute approximate surface area is 116 Å². The minimum absolute atomic E-state index is 0.363. The Hall–Kier alpha value is -0.620. The van der Waals surface area contributed by atoms with Gasteiger partial charge in [-0.25, -0.2) is 0 Å². The van der Waals surface area contributed by atoms with Gasteiger partial charge in [-0.3, -0.25) is 0 Å². The van der Waals surface area contributed by atoms with E-state index < -0.39 is 0 Å². The van der Waals surface area contributed by atoms with Crippen molar-refractivity contribution in [3.8, 4) is 5.75 Å². The molecule has 0 aliphatic heterocycles. The zero-order valence-electron chi connectivity index (χ0n) is 10.7. The number of ether oxygens (including phenoxy) is 4. The molecule has 1 aromatic rings. The highest BCUT2D eigenvalue weighted by Crippen LogP contribution is 2.21. The Morgan fingerprint density at radius 2 is 1.89 bits per heavy atom. The normalized spacial score (nSPS) is 10.9. The zero-order valence-corrected chi connectivity index (χ0v) is 12.3. The topological polar surface area (TPSA) is 36.9 Å². The summed E-state index contributed by atoms with van der Waals surface area (Å²) in [5.74, 6) is 0.786. The van der Waals surface area contributed by atoms with Crippen LogP contribution in [0, 0.1) is 0 Å². The molecular formula is C13H19BrO4. The summed E-state index contributed by atoms with van der Waals surface area (Å²) in [6.07, 6.45) is -0.363. The van der Waals surface area contributed by atoms with Gasteiger partial charge in [0, 0.05) is 25.1 Å². The molecule has 0 atom stereocenters. The molecule has 0 spiro atoms. The molecule has 18 heavy (non-hydrogen) atoms. The van der Waals surface area contributed by atoms with Crippen LogP contribution in [-0.2, 0) is 14.2 Å². The molecule has 0 aliphatic carbocycles. The van der Waals surface area contributed by atoms with Gasteiger partial charge in [0.1, 0.15) is 12.4 Å². The second-order valence-corrected chi connectivity index (χ2v) is 4.32. The molecule has 1 rings (SSSR count). The van der Waals surface area contributed by atoms with Gasteiger partial charge in [0.25, 0.3) is 0 Å². The van der Waals surface area contributed by atoms with E-state index in [4.69, 9.17) is 18.9 Å². The largest absolute Gasteiger partial charge is 0.491 e. The van der Waals surface area contributed by atoms with Crippen LogP contribution in [-0.4, -0.2) is 39.4 Å². The van der Waals surface area contributed by atoms with E-state index in [0.717, 1.165) is 16.6 Å². The molecule has 1 aromatic carbocycles. The average molecular weight is 319 g/mol. The number of rotatable bonds is 9. The molecule has 5 heteroatoms. The summed E-state index contributed by atoms with van der Waals surface area (Å²) in [6.45, 7) is 1.80. The number of halogens is 1. The quantitative estimate of drug-likeness (QED) is 0.398. The monoisotopic (exact) mass is 318 g/mol. The number of methoxy groups -OCH3 is 2. The van der Waals surface area contributed by atoms with E-state index in [1.54, 1.807) is 14.2 Å².